The summed E-state index contributed by atoms with van der Waals surface area (Å²) in [6.45, 7) is 6.04. The summed E-state index contributed by atoms with van der Waals surface area (Å²) in [6.07, 6.45) is 1.98. The lowest BCUT2D eigenvalue weighted by molar-refractivity contribution is 0.263. The standard InChI is InChI=1S/C11H18N4O/c1-8-9(2)13-14-11(12-8)15-5-3-10(7-15)4-6-16/h10,16H,3-7H2,1-2H3. The monoisotopic (exact) mass is 222 g/mol. The van der Waals surface area contributed by atoms with Gasteiger partial charge in [0.1, 0.15) is 0 Å². The lowest BCUT2D eigenvalue weighted by Gasteiger charge is -2.16. The van der Waals surface area contributed by atoms with Crippen LogP contribution in [-0.4, -0.2) is 40.0 Å². The molecule has 0 amide bonds. The van der Waals surface area contributed by atoms with Crippen LogP contribution in [0.4, 0.5) is 5.95 Å². The van der Waals surface area contributed by atoms with Gasteiger partial charge >= 0.3 is 0 Å². The van der Waals surface area contributed by atoms with E-state index < -0.39 is 0 Å². The van der Waals surface area contributed by atoms with E-state index in [9.17, 15) is 0 Å². The minimum absolute atomic E-state index is 0.268. The van der Waals surface area contributed by atoms with Crippen LogP contribution in [0.25, 0.3) is 0 Å². The molecule has 16 heavy (non-hydrogen) atoms. The Kier molecular flexibility index (Phi) is 3.33. The third-order valence-corrected chi connectivity index (χ3v) is 3.19. The van der Waals surface area contributed by atoms with Crippen LogP contribution >= 0.6 is 0 Å². The van der Waals surface area contributed by atoms with Crippen LogP contribution in [0.15, 0.2) is 0 Å². The van der Waals surface area contributed by atoms with E-state index in [1.807, 2.05) is 13.8 Å². The Morgan fingerprint density at radius 1 is 1.31 bits per heavy atom. The number of aliphatic hydroxyl groups excluding tert-OH is 1. The Morgan fingerprint density at radius 3 is 2.81 bits per heavy atom. The summed E-state index contributed by atoms with van der Waals surface area (Å²) >= 11 is 0. The molecule has 1 saturated heterocycles. The Labute approximate surface area is 95.5 Å². The van der Waals surface area contributed by atoms with Gasteiger partial charge in [-0.1, -0.05) is 0 Å². The summed E-state index contributed by atoms with van der Waals surface area (Å²) in [5, 5.41) is 17.1. The Balaban J connectivity index is 2.05. The first-order valence-electron chi connectivity index (χ1n) is 5.74. The fourth-order valence-electron chi connectivity index (χ4n) is 2.01. The highest BCUT2D eigenvalue weighted by atomic mass is 16.3. The minimum Gasteiger partial charge on any atom is -0.396 e. The lowest BCUT2D eigenvalue weighted by atomic mass is 10.1. The third kappa shape index (κ3) is 2.29. The molecule has 1 aromatic heterocycles. The Morgan fingerprint density at radius 2 is 2.12 bits per heavy atom. The van der Waals surface area contributed by atoms with Crippen molar-refractivity contribution in [3.05, 3.63) is 11.4 Å². The second-order valence-electron chi connectivity index (χ2n) is 4.40. The highest BCUT2D eigenvalue weighted by Gasteiger charge is 2.24. The van der Waals surface area contributed by atoms with E-state index in [2.05, 4.69) is 20.1 Å². The molecule has 0 aliphatic carbocycles. The van der Waals surface area contributed by atoms with Crippen molar-refractivity contribution >= 4 is 5.95 Å². The molecule has 1 aliphatic rings. The van der Waals surface area contributed by atoms with Crippen molar-refractivity contribution in [3.63, 3.8) is 0 Å². The van der Waals surface area contributed by atoms with Crippen molar-refractivity contribution in [2.24, 2.45) is 5.92 Å². The molecule has 1 fully saturated rings. The van der Waals surface area contributed by atoms with Gasteiger partial charge in [-0.2, -0.15) is 5.10 Å². The smallest absolute Gasteiger partial charge is 0.245 e. The Hall–Kier alpha value is -1.23. The van der Waals surface area contributed by atoms with Crippen LogP contribution in [0.1, 0.15) is 24.2 Å². The van der Waals surface area contributed by atoms with Crippen LogP contribution in [-0.2, 0) is 0 Å². The molecule has 1 unspecified atom stereocenters. The largest absolute Gasteiger partial charge is 0.396 e. The van der Waals surface area contributed by atoms with Crippen LogP contribution < -0.4 is 4.90 Å². The van der Waals surface area contributed by atoms with Crippen LogP contribution in [0.2, 0.25) is 0 Å². The number of aryl methyl sites for hydroxylation is 2. The van der Waals surface area contributed by atoms with Crippen LogP contribution in [0, 0.1) is 19.8 Å². The summed E-state index contributed by atoms with van der Waals surface area (Å²) in [7, 11) is 0. The first-order chi connectivity index (χ1) is 7.70. The molecule has 5 nitrogen and oxygen atoms in total. The van der Waals surface area contributed by atoms with Gasteiger partial charge in [-0.25, -0.2) is 4.98 Å². The fourth-order valence-corrected chi connectivity index (χ4v) is 2.01. The molecule has 1 atom stereocenters. The van der Waals surface area contributed by atoms with Gasteiger partial charge in [-0.3, -0.25) is 0 Å². The van der Waals surface area contributed by atoms with E-state index in [0.717, 1.165) is 43.3 Å². The van der Waals surface area contributed by atoms with Crippen molar-refractivity contribution < 1.29 is 5.11 Å². The first-order valence-corrected chi connectivity index (χ1v) is 5.74. The molecular weight excluding hydrogens is 204 g/mol. The third-order valence-electron chi connectivity index (χ3n) is 3.19. The normalized spacial score (nSPS) is 20.4. The van der Waals surface area contributed by atoms with Crippen molar-refractivity contribution in [2.75, 3.05) is 24.6 Å². The number of hydrogen-bond donors (Lipinski definition) is 1. The second-order valence-corrected chi connectivity index (χ2v) is 4.40. The van der Waals surface area contributed by atoms with E-state index in [-0.39, 0.29) is 6.61 Å². The predicted octanol–water partition coefficient (Wildman–Crippen LogP) is 0.697. The zero-order valence-corrected chi connectivity index (χ0v) is 9.85. The number of hydrogen-bond acceptors (Lipinski definition) is 5. The summed E-state index contributed by atoms with van der Waals surface area (Å²) in [5.41, 5.74) is 1.82. The van der Waals surface area contributed by atoms with Crippen LogP contribution in [0.5, 0.6) is 0 Å². The maximum Gasteiger partial charge on any atom is 0.245 e. The molecule has 0 bridgehead atoms. The SMILES string of the molecule is Cc1nnc(N2CCC(CCO)C2)nc1C. The molecule has 2 heterocycles. The van der Waals surface area contributed by atoms with Crippen molar-refractivity contribution in [1.29, 1.82) is 0 Å². The molecular formula is C11H18N4O. The number of rotatable bonds is 3. The molecule has 0 aromatic carbocycles. The zero-order valence-electron chi connectivity index (χ0n) is 9.85. The molecule has 1 aliphatic heterocycles. The highest BCUT2D eigenvalue weighted by Crippen LogP contribution is 2.22. The van der Waals surface area contributed by atoms with Crippen molar-refractivity contribution in [3.8, 4) is 0 Å². The number of aromatic nitrogens is 3. The first kappa shape index (κ1) is 11.3. The predicted molar refractivity (Wildman–Crippen MR) is 61.3 cm³/mol. The maximum atomic E-state index is 8.90. The molecule has 88 valence electrons. The summed E-state index contributed by atoms with van der Waals surface area (Å²) < 4.78 is 0. The number of anilines is 1. The van der Waals surface area contributed by atoms with Gasteiger partial charge in [0.05, 0.1) is 11.4 Å². The average Bonchev–Trinajstić information content (AvgIpc) is 2.71. The van der Waals surface area contributed by atoms with Gasteiger partial charge in [0.25, 0.3) is 0 Å². The van der Waals surface area contributed by atoms with Gasteiger partial charge in [0.2, 0.25) is 5.95 Å². The summed E-state index contributed by atoms with van der Waals surface area (Å²) in [4.78, 5) is 6.59. The zero-order chi connectivity index (χ0) is 11.5. The van der Waals surface area contributed by atoms with E-state index in [0.29, 0.717) is 5.92 Å². The average molecular weight is 222 g/mol. The van der Waals surface area contributed by atoms with Crippen molar-refractivity contribution in [1.82, 2.24) is 15.2 Å². The van der Waals surface area contributed by atoms with Gasteiger partial charge in [-0.05, 0) is 32.6 Å². The van der Waals surface area contributed by atoms with Gasteiger partial charge < -0.3 is 10.0 Å². The molecule has 2 rings (SSSR count). The van der Waals surface area contributed by atoms with Crippen molar-refractivity contribution in [2.45, 2.75) is 26.7 Å². The molecule has 1 N–H and O–H groups in total. The minimum atomic E-state index is 0.268. The van der Waals surface area contributed by atoms with Crippen LogP contribution in [0.3, 0.4) is 0 Å². The summed E-state index contributed by atoms with van der Waals surface area (Å²) in [6, 6.07) is 0. The van der Waals surface area contributed by atoms with Gasteiger partial charge in [0, 0.05) is 19.7 Å². The van der Waals surface area contributed by atoms with E-state index >= 15 is 0 Å². The summed E-state index contributed by atoms with van der Waals surface area (Å²) in [5.74, 6) is 1.29. The highest BCUT2D eigenvalue weighted by molar-refractivity contribution is 5.31. The molecule has 1 aromatic rings. The number of nitrogens with zero attached hydrogens (tertiary/aromatic N) is 4. The van der Waals surface area contributed by atoms with E-state index in [1.165, 1.54) is 0 Å². The fraction of sp³-hybridized carbons (Fsp3) is 0.727. The molecule has 5 heteroatoms. The molecule has 0 radical (unpaired) electrons. The molecule has 0 saturated carbocycles. The maximum absolute atomic E-state index is 8.90. The lowest BCUT2D eigenvalue weighted by Crippen LogP contribution is -2.23. The van der Waals surface area contributed by atoms with E-state index in [4.69, 9.17) is 5.11 Å². The van der Waals surface area contributed by atoms with Gasteiger partial charge in [0.15, 0.2) is 0 Å². The van der Waals surface area contributed by atoms with Gasteiger partial charge in [-0.15, -0.1) is 5.10 Å². The number of aliphatic hydroxyl groups is 1. The Bertz CT molecular complexity index is 369. The topological polar surface area (TPSA) is 62.1 Å². The quantitative estimate of drug-likeness (QED) is 0.815. The second kappa shape index (κ2) is 4.74. The van der Waals surface area contributed by atoms with E-state index in [1.54, 1.807) is 0 Å². The molecule has 0 spiro atoms.